The Hall–Kier alpha value is -1.84. The van der Waals surface area contributed by atoms with E-state index in [9.17, 15) is 4.79 Å². The Bertz CT molecular complexity index is 557. The predicted octanol–water partition coefficient (Wildman–Crippen LogP) is 0.824. The summed E-state index contributed by atoms with van der Waals surface area (Å²) in [6.07, 6.45) is 0. The highest BCUT2D eigenvalue weighted by Gasteiger charge is 2.07. The van der Waals surface area contributed by atoms with Gasteiger partial charge in [0.15, 0.2) is 5.82 Å². The van der Waals surface area contributed by atoms with Crippen LogP contribution in [0, 0.1) is 6.92 Å². The minimum Gasteiger partial charge on any atom is -0.382 e. The Balaban J connectivity index is 3.10. The lowest BCUT2D eigenvalue weighted by Gasteiger charge is -2.05. The fraction of sp³-hybridized carbons (Fsp3) is 0.200. The van der Waals surface area contributed by atoms with Crippen LogP contribution in [0.15, 0.2) is 23.0 Å². The number of benzene rings is 1. The molecular weight excluding hydrogens is 178 g/mol. The third-order valence-corrected chi connectivity index (χ3v) is 2.31. The zero-order chi connectivity index (χ0) is 10.3. The molecular formula is C10H11N3O. The smallest absolute Gasteiger partial charge is 0.274 e. The highest BCUT2D eigenvalue weighted by molar-refractivity contribution is 5.92. The molecule has 4 nitrogen and oxygen atoms in total. The van der Waals surface area contributed by atoms with E-state index >= 15 is 0 Å². The van der Waals surface area contributed by atoms with Crippen LogP contribution in [0.2, 0.25) is 0 Å². The molecule has 2 N–H and O–H groups in total. The van der Waals surface area contributed by atoms with Gasteiger partial charge in [-0.1, -0.05) is 12.1 Å². The SMILES string of the molecule is Cc1cccc2c(=O)n(C)nc(N)c12. The topological polar surface area (TPSA) is 60.9 Å². The van der Waals surface area contributed by atoms with Gasteiger partial charge >= 0.3 is 0 Å². The number of nitrogens with zero attached hydrogens (tertiary/aromatic N) is 2. The maximum atomic E-state index is 11.7. The zero-order valence-electron chi connectivity index (χ0n) is 8.11. The number of hydrogen-bond donors (Lipinski definition) is 1. The molecule has 0 bridgehead atoms. The molecule has 1 aromatic heterocycles. The van der Waals surface area contributed by atoms with E-state index in [1.807, 2.05) is 19.1 Å². The first-order valence-electron chi connectivity index (χ1n) is 4.33. The summed E-state index contributed by atoms with van der Waals surface area (Å²) < 4.78 is 1.26. The summed E-state index contributed by atoms with van der Waals surface area (Å²) >= 11 is 0. The quantitative estimate of drug-likeness (QED) is 0.667. The molecule has 4 heteroatoms. The minimum atomic E-state index is -0.113. The Kier molecular flexibility index (Phi) is 1.77. The second-order valence-electron chi connectivity index (χ2n) is 3.31. The van der Waals surface area contributed by atoms with Gasteiger partial charge in [0.25, 0.3) is 5.56 Å². The van der Waals surface area contributed by atoms with Gasteiger partial charge in [-0.25, -0.2) is 4.68 Å². The van der Waals surface area contributed by atoms with E-state index < -0.39 is 0 Å². The van der Waals surface area contributed by atoms with Crippen molar-refractivity contribution in [2.75, 3.05) is 5.73 Å². The molecule has 0 saturated heterocycles. The maximum Gasteiger partial charge on any atom is 0.274 e. The van der Waals surface area contributed by atoms with Crippen molar-refractivity contribution >= 4 is 16.6 Å². The average Bonchev–Trinajstić information content (AvgIpc) is 2.14. The lowest BCUT2D eigenvalue weighted by atomic mass is 10.1. The van der Waals surface area contributed by atoms with Crippen LogP contribution in [0.3, 0.4) is 0 Å². The van der Waals surface area contributed by atoms with E-state index in [-0.39, 0.29) is 5.56 Å². The molecule has 14 heavy (non-hydrogen) atoms. The van der Waals surface area contributed by atoms with Gasteiger partial charge in [0.2, 0.25) is 0 Å². The Morgan fingerprint density at radius 2 is 2.14 bits per heavy atom. The number of anilines is 1. The molecule has 0 aliphatic carbocycles. The summed E-state index contributed by atoms with van der Waals surface area (Å²) in [5.41, 5.74) is 6.62. The number of nitrogen functional groups attached to an aromatic ring is 1. The molecule has 0 amide bonds. The van der Waals surface area contributed by atoms with E-state index in [1.165, 1.54) is 4.68 Å². The van der Waals surface area contributed by atoms with Crippen molar-refractivity contribution in [1.82, 2.24) is 9.78 Å². The Morgan fingerprint density at radius 3 is 2.86 bits per heavy atom. The summed E-state index contributed by atoms with van der Waals surface area (Å²) in [7, 11) is 1.60. The van der Waals surface area contributed by atoms with Crippen LogP contribution in [-0.4, -0.2) is 9.78 Å². The van der Waals surface area contributed by atoms with Crippen molar-refractivity contribution in [2.24, 2.45) is 7.05 Å². The minimum absolute atomic E-state index is 0.113. The fourth-order valence-electron chi connectivity index (χ4n) is 1.62. The Morgan fingerprint density at radius 1 is 1.43 bits per heavy atom. The summed E-state index contributed by atoms with van der Waals surface area (Å²) in [6.45, 7) is 1.92. The molecule has 72 valence electrons. The monoisotopic (exact) mass is 189 g/mol. The largest absolute Gasteiger partial charge is 0.382 e. The van der Waals surface area contributed by atoms with E-state index in [2.05, 4.69) is 5.10 Å². The summed E-state index contributed by atoms with van der Waals surface area (Å²) in [5.74, 6) is 0.403. The molecule has 1 heterocycles. The lowest BCUT2D eigenvalue weighted by molar-refractivity contribution is 0.724. The van der Waals surface area contributed by atoms with Crippen LogP contribution < -0.4 is 11.3 Å². The van der Waals surface area contributed by atoms with Gasteiger partial charge in [-0.3, -0.25) is 4.79 Å². The summed E-state index contributed by atoms with van der Waals surface area (Å²) in [5, 5.41) is 5.33. The van der Waals surface area contributed by atoms with Crippen LogP contribution >= 0.6 is 0 Å². The van der Waals surface area contributed by atoms with Gasteiger partial charge in [-0.15, -0.1) is 0 Å². The van der Waals surface area contributed by atoms with Gasteiger partial charge in [0, 0.05) is 12.4 Å². The molecule has 0 radical (unpaired) electrons. The molecule has 0 fully saturated rings. The number of aromatic nitrogens is 2. The third kappa shape index (κ3) is 1.08. The summed E-state index contributed by atoms with van der Waals surface area (Å²) in [4.78, 5) is 11.7. The highest BCUT2D eigenvalue weighted by atomic mass is 16.1. The van der Waals surface area contributed by atoms with E-state index in [1.54, 1.807) is 13.1 Å². The molecule has 0 atom stereocenters. The van der Waals surface area contributed by atoms with Crippen LogP contribution in [0.25, 0.3) is 10.8 Å². The standard InChI is InChI=1S/C10H11N3O/c1-6-4-3-5-7-8(6)9(11)12-13(2)10(7)14/h3-5H,1-2H3,(H2,11,12). The van der Waals surface area contributed by atoms with Crippen molar-refractivity contribution in [2.45, 2.75) is 6.92 Å². The summed E-state index contributed by atoms with van der Waals surface area (Å²) in [6, 6.07) is 5.53. The van der Waals surface area contributed by atoms with Gasteiger partial charge in [0.05, 0.1) is 5.39 Å². The first-order valence-corrected chi connectivity index (χ1v) is 4.33. The number of rotatable bonds is 0. The van der Waals surface area contributed by atoms with Crippen LogP contribution in [-0.2, 0) is 7.05 Å². The predicted molar refractivity (Wildman–Crippen MR) is 56.1 cm³/mol. The first-order chi connectivity index (χ1) is 6.61. The van der Waals surface area contributed by atoms with E-state index in [0.29, 0.717) is 11.2 Å². The van der Waals surface area contributed by atoms with Gasteiger partial charge in [0.1, 0.15) is 0 Å². The number of hydrogen-bond acceptors (Lipinski definition) is 3. The molecule has 0 saturated carbocycles. The molecule has 0 spiro atoms. The van der Waals surface area contributed by atoms with Crippen molar-refractivity contribution in [1.29, 1.82) is 0 Å². The third-order valence-electron chi connectivity index (χ3n) is 2.31. The van der Waals surface area contributed by atoms with Crippen molar-refractivity contribution < 1.29 is 0 Å². The van der Waals surface area contributed by atoms with Crippen molar-refractivity contribution in [3.63, 3.8) is 0 Å². The van der Waals surface area contributed by atoms with E-state index in [0.717, 1.165) is 10.9 Å². The van der Waals surface area contributed by atoms with E-state index in [4.69, 9.17) is 5.73 Å². The van der Waals surface area contributed by atoms with Gasteiger partial charge in [-0.05, 0) is 18.6 Å². The zero-order valence-corrected chi connectivity index (χ0v) is 8.11. The Labute approximate surface area is 81.0 Å². The van der Waals surface area contributed by atoms with Crippen molar-refractivity contribution in [3.8, 4) is 0 Å². The molecule has 2 aromatic rings. The number of aryl methyl sites for hydroxylation is 2. The molecule has 0 unspecified atom stereocenters. The fourth-order valence-corrected chi connectivity index (χ4v) is 1.62. The molecule has 0 aliphatic rings. The maximum absolute atomic E-state index is 11.7. The van der Waals surface area contributed by atoms with Crippen LogP contribution in [0.5, 0.6) is 0 Å². The van der Waals surface area contributed by atoms with Crippen molar-refractivity contribution in [3.05, 3.63) is 34.1 Å². The number of nitrogens with two attached hydrogens (primary N) is 1. The molecule has 1 aromatic carbocycles. The second-order valence-corrected chi connectivity index (χ2v) is 3.31. The second kappa shape index (κ2) is 2.83. The van der Waals surface area contributed by atoms with Gasteiger partial charge < -0.3 is 5.73 Å². The molecule has 2 rings (SSSR count). The number of fused-ring (bicyclic) bond motifs is 1. The highest BCUT2D eigenvalue weighted by Crippen LogP contribution is 2.18. The lowest BCUT2D eigenvalue weighted by Crippen LogP contribution is -2.21. The first kappa shape index (κ1) is 8.74. The van der Waals surface area contributed by atoms with Crippen LogP contribution in [0.4, 0.5) is 5.82 Å². The van der Waals surface area contributed by atoms with Gasteiger partial charge in [-0.2, -0.15) is 5.10 Å². The normalized spacial score (nSPS) is 10.7. The molecule has 0 aliphatic heterocycles. The average molecular weight is 189 g/mol. The van der Waals surface area contributed by atoms with Crippen LogP contribution in [0.1, 0.15) is 5.56 Å².